The number of benzene rings is 1. The zero-order valence-electron chi connectivity index (χ0n) is 13.5. The lowest BCUT2D eigenvalue weighted by atomic mass is 10.2. The zero-order valence-corrected chi connectivity index (χ0v) is 14.3. The van der Waals surface area contributed by atoms with Crippen LogP contribution in [0.25, 0.3) is 5.13 Å². The van der Waals surface area contributed by atoms with Crippen LogP contribution in [-0.4, -0.2) is 46.5 Å². The molecule has 0 unspecified atom stereocenters. The maximum Gasteiger partial charge on any atom is 0.273 e. The van der Waals surface area contributed by atoms with Gasteiger partial charge in [-0.1, -0.05) is 12.1 Å². The van der Waals surface area contributed by atoms with Crippen molar-refractivity contribution in [2.75, 3.05) is 31.1 Å². The Morgan fingerprint density at radius 2 is 1.76 bits per heavy atom. The summed E-state index contributed by atoms with van der Waals surface area (Å²) in [7, 11) is 0. The van der Waals surface area contributed by atoms with Crippen molar-refractivity contribution in [2.24, 2.45) is 0 Å². The zero-order chi connectivity index (χ0) is 17.2. The van der Waals surface area contributed by atoms with Crippen molar-refractivity contribution in [3.63, 3.8) is 0 Å². The predicted octanol–water partition coefficient (Wildman–Crippen LogP) is 3.04. The Bertz CT molecular complexity index is 869. The van der Waals surface area contributed by atoms with Crippen molar-refractivity contribution >= 4 is 22.9 Å². The second kappa shape index (κ2) is 6.68. The van der Waals surface area contributed by atoms with Crippen LogP contribution in [0.4, 0.5) is 10.1 Å². The number of carbonyl (C=O) groups excluding carboxylic acids is 1. The maximum atomic E-state index is 13.9. The molecule has 1 aliphatic rings. The van der Waals surface area contributed by atoms with Crippen LogP contribution in [0.3, 0.4) is 0 Å². The lowest BCUT2D eigenvalue weighted by molar-refractivity contribution is 0.0741. The van der Waals surface area contributed by atoms with E-state index in [0.717, 1.165) is 5.13 Å². The van der Waals surface area contributed by atoms with Gasteiger partial charge < -0.3 is 14.4 Å². The normalized spacial score (nSPS) is 14.8. The number of anilines is 1. The van der Waals surface area contributed by atoms with Crippen molar-refractivity contribution in [3.8, 4) is 5.13 Å². The molecule has 1 fully saturated rings. The number of carbonyl (C=O) groups is 1. The average molecular weight is 356 g/mol. The van der Waals surface area contributed by atoms with Gasteiger partial charge >= 0.3 is 0 Å². The molecular weight excluding hydrogens is 339 g/mol. The Labute approximate surface area is 148 Å². The number of halogens is 1. The Morgan fingerprint density at radius 1 is 1.04 bits per heavy atom. The van der Waals surface area contributed by atoms with Crippen LogP contribution in [0, 0.1) is 5.82 Å². The van der Waals surface area contributed by atoms with Crippen LogP contribution in [0.15, 0.2) is 54.2 Å². The van der Waals surface area contributed by atoms with E-state index in [4.69, 9.17) is 0 Å². The number of para-hydroxylation sites is 1. The van der Waals surface area contributed by atoms with Gasteiger partial charge in [-0.3, -0.25) is 4.79 Å². The molecule has 5 nitrogen and oxygen atoms in total. The second-order valence-electron chi connectivity index (χ2n) is 5.84. The first-order valence-electron chi connectivity index (χ1n) is 8.10. The first kappa shape index (κ1) is 15.8. The molecule has 0 aliphatic carbocycles. The number of hydrogen-bond donors (Lipinski definition) is 0. The van der Waals surface area contributed by atoms with Gasteiger partial charge in [-0.25, -0.2) is 9.37 Å². The van der Waals surface area contributed by atoms with Crippen molar-refractivity contribution in [1.29, 1.82) is 0 Å². The summed E-state index contributed by atoms with van der Waals surface area (Å²) in [5.41, 5.74) is 1.06. The molecule has 1 saturated heterocycles. The first-order chi connectivity index (χ1) is 12.2. The van der Waals surface area contributed by atoms with Gasteiger partial charge in [0.15, 0.2) is 5.13 Å². The number of rotatable bonds is 3. The lowest BCUT2D eigenvalue weighted by Gasteiger charge is -2.35. The van der Waals surface area contributed by atoms with Gasteiger partial charge in [0.25, 0.3) is 5.91 Å². The molecule has 0 radical (unpaired) electrons. The van der Waals surface area contributed by atoms with Gasteiger partial charge in [0.05, 0.1) is 5.69 Å². The maximum absolute atomic E-state index is 13.9. The van der Waals surface area contributed by atoms with E-state index >= 15 is 0 Å². The quantitative estimate of drug-likeness (QED) is 0.724. The fraction of sp³-hybridized carbons (Fsp3) is 0.222. The largest absolute Gasteiger partial charge is 0.366 e. The molecule has 25 heavy (non-hydrogen) atoms. The monoisotopic (exact) mass is 356 g/mol. The highest BCUT2D eigenvalue weighted by atomic mass is 32.1. The van der Waals surface area contributed by atoms with E-state index in [1.165, 1.54) is 17.4 Å². The molecule has 0 N–H and O–H groups in total. The van der Waals surface area contributed by atoms with Gasteiger partial charge in [0.2, 0.25) is 0 Å². The van der Waals surface area contributed by atoms with E-state index in [1.54, 1.807) is 22.4 Å². The van der Waals surface area contributed by atoms with Crippen molar-refractivity contribution < 1.29 is 9.18 Å². The molecule has 1 amide bonds. The molecule has 4 rings (SSSR count). The second-order valence-corrected chi connectivity index (χ2v) is 6.67. The summed E-state index contributed by atoms with van der Waals surface area (Å²) in [6.45, 7) is 2.34. The van der Waals surface area contributed by atoms with Crippen molar-refractivity contribution in [2.45, 2.75) is 0 Å². The van der Waals surface area contributed by atoms with E-state index < -0.39 is 0 Å². The summed E-state index contributed by atoms with van der Waals surface area (Å²) in [5, 5.41) is 2.57. The molecule has 1 aliphatic heterocycles. The molecule has 3 heterocycles. The van der Waals surface area contributed by atoms with E-state index in [2.05, 4.69) is 4.98 Å². The predicted molar refractivity (Wildman–Crippen MR) is 96.0 cm³/mol. The number of thiazole rings is 1. The highest BCUT2D eigenvalue weighted by molar-refractivity contribution is 7.12. The smallest absolute Gasteiger partial charge is 0.273 e. The molecule has 0 spiro atoms. The van der Waals surface area contributed by atoms with Crippen LogP contribution in [0.2, 0.25) is 0 Å². The topological polar surface area (TPSA) is 41.4 Å². The molecular formula is C18H17FN4OS. The summed E-state index contributed by atoms with van der Waals surface area (Å²) in [4.78, 5) is 20.9. The molecule has 0 bridgehead atoms. The minimum Gasteiger partial charge on any atom is -0.366 e. The van der Waals surface area contributed by atoms with Gasteiger partial charge in [0, 0.05) is 44.0 Å². The Hall–Kier alpha value is -2.67. The van der Waals surface area contributed by atoms with E-state index in [0.29, 0.717) is 37.6 Å². The Balaban J connectivity index is 1.42. The third-order valence-corrected chi connectivity index (χ3v) is 5.15. The minimum absolute atomic E-state index is 0.0668. The summed E-state index contributed by atoms with van der Waals surface area (Å²) in [5.74, 6) is -0.291. The van der Waals surface area contributed by atoms with Gasteiger partial charge in [-0.2, -0.15) is 0 Å². The van der Waals surface area contributed by atoms with Crippen LogP contribution in [0.1, 0.15) is 10.5 Å². The molecule has 1 aromatic carbocycles. The number of piperazine rings is 1. The fourth-order valence-electron chi connectivity index (χ4n) is 2.96. The third kappa shape index (κ3) is 3.15. The summed E-state index contributed by atoms with van der Waals surface area (Å²) >= 11 is 1.44. The summed E-state index contributed by atoms with van der Waals surface area (Å²) < 4.78 is 15.8. The number of aromatic nitrogens is 2. The van der Waals surface area contributed by atoms with E-state index in [1.807, 2.05) is 40.1 Å². The summed E-state index contributed by atoms with van der Waals surface area (Å²) in [6, 6.07) is 10.6. The first-order valence-corrected chi connectivity index (χ1v) is 8.98. The molecule has 128 valence electrons. The van der Waals surface area contributed by atoms with Crippen molar-refractivity contribution in [3.05, 3.63) is 65.7 Å². The van der Waals surface area contributed by atoms with Crippen LogP contribution >= 0.6 is 11.3 Å². The standard InChI is InChI=1S/C18H17FN4OS/c19-14-5-1-2-6-16(14)21-9-11-22(12-10-21)17(24)15-13-25-18(20-15)23-7-3-4-8-23/h1-8,13H,9-12H2. The van der Waals surface area contributed by atoms with Crippen LogP contribution in [-0.2, 0) is 0 Å². The Morgan fingerprint density at radius 3 is 2.48 bits per heavy atom. The third-order valence-electron chi connectivity index (χ3n) is 4.30. The average Bonchev–Trinajstić information content (AvgIpc) is 3.33. The highest BCUT2D eigenvalue weighted by Gasteiger charge is 2.25. The van der Waals surface area contributed by atoms with Crippen LogP contribution < -0.4 is 4.90 Å². The fourth-order valence-corrected chi connectivity index (χ4v) is 3.73. The van der Waals surface area contributed by atoms with E-state index in [-0.39, 0.29) is 11.7 Å². The molecule has 3 aromatic rings. The summed E-state index contributed by atoms with van der Waals surface area (Å²) in [6.07, 6.45) is 3.81. The minimum atomic E-state index is -0.224. The van der Waals surface area contributed by atoms with Gasteiger partial charge in [-0.15, -0.1) is 11.3 Å². The number of hydrogen-bond acceptors (Lipinski definition) is 4. The number of nitrogens with zero attached hydrogens (tertiary/aromatic N) is 4. The number of amides is 1. The van der Waals surface area contributed by atoms with Gasteiger partial charge in [-0.05, 0) is 24.3 Å². The highest BCUT2D eigenvalue weighted by Crippen LogP contribution is 2.21. The van der Waals surface area contributed by atoms with Gasteiger partial charge in [0.1, 0.15) is 11.5 Å². The van der Waals surface area contributed by atoms with Crippen LogP contribution in [0.5, 0.6) is 0 Å². The SMILES string of the molecule is O=C(c1csc(-n2cccc2)n1)N1CCN(c2ccccc2F)CC1. The Kier molecular flexibility index (Phi) is 4.23. The lowest BCUT2D eigenvalue weighted by Crippen LogP contribution is -2.49. The molecule has 7 heteroatoms. The van der Waals surface area contributed by atoms with E-state index in [9.17, 15) is 9.18 Å². The molecule has 2 aromatic heterocycles. The van der Waals surface area contributed by atoms with Crippen molar-refractivity contribution in [1.82, 2.24) is 14.5 Å². The molecule has 0 saturated carbocycles. The molecule has 0 atom stereocenters.